The maximum atomic E-state index is 13.1. The van der Waals surface area contributed by atoms with Crippen molar-refractivity contribution >= 4 is 40.4 Å². The predicted octanol–water partition coefficient (Wildman–Crippen LogP) is 4.38. The molecule has 0 saturated heterocycles. The van der Waals surface area contributed by atoms with E-state index in [1.54, 1.807) is 29.0 Å². The molecule has 7 nitrogen and oxygen atoms in total. The smallest absolute Gasteiger partial charge is 0.232 e. The summed E-state index contributed by atoms with van der Waals surface area (Å²) in [6, 6.07) is 3.38. The Kier molecular flexibility index (Phi) is 4.22. The fourth-order valence-electron chi connectivity index (χ4n) is 3.96. The highest BCUT2D eigenvalue weighted by molar-refractivity contribution is 6.32. The number of nitrogens with zero attached hydrogens (tertiary/aromatic N) is 4. The molecule has 1 N–H and O–H groups in total. The fraction of sp³-hybridized carbons (Fsp3) is 0.400. The molecule has 1 atom stereocenters. The number of ether oxygens (including phenoxy) is 1. The standard InChI is InChI=1S/C20H19Cl2N5O2/c1-20(2)7-12(13-9-23-16-6-15(22)26-27(16)17(13)20)18(28)25-10-5-14(21)19(24-8-10)29-11-3-4-11/h5-6,8-9,11-12H,3-4,7H2,1-2H3,(H,25,28)/t12-/m1/s1. The molecule has 29 heavy (non-hydrogen) atoms. The number of nitrogens with one attached hydrogen (secondary N) is 1. The van der Waals surface area contributed by atoms with Crippen LogP contribution in [-0.2, 0) is 10.2 Å². The van der Waals surface area contributed by atoms with E-state index >= 15 is 0 Å². The van der Waals surface area contributed by atoms with E-state index in [1.807, 2.05) is 0 Å². The summed E-state index contributed by atoms with van der Waals surface area (Å²) >= 11 is 12.3. The normalized spacial score (nSPS) is 19.9. The first-order valence-electron chi connectivity index (χ1n) is 9.49. The summed E-state index contributed by atoms with van der Waals surface area (Å²) in [4.78, 5) is 21.8. The molecule has 9 heteroatoms. The van der Waals surface area contributed by atoms with Crippen LogP contribution in [0.5, 0.6) is 5.88 Å². The molecule has 2 aliphatic carbocycles. The highest BCUT2D eigenvalue weighted by Gasteiger charge is 2.43. The molecule has 0 aromatic carbocycles. The molecular formula is C20H19Cl2N5O2. The van der Waals surface area contributed by atoms with Crippen molar-refractivity contribution in [3.63, 3.8) is 0 Å². The molecule has 1 saturated carbocycles. The van der Waals surface area contributed by atoms with Crippen LogP contribution in [0.2, 0.25) is 10.2 Å². The third-order valence-corrected chi connectivity index (χ3v) is 5.86. The predicted molar refractivity (Wildman–Crippen MR) is 110 cm³/mol. The number of amides is 1. The molecule has 0 aliphatic heterocycles. The van der Waals surface area contributed by atoms with Gasteiger partial charge in [0.05, 0.1) is 23.5 Å². The number of carbonyl (C=O) groups excluding carboxylic acids is 1. The second-order valence-corrected chi connectivity index (χ2v) is 9.05. The topological polar surface area (TPSA) is 81.4 Å². The lowest BCUT2D eigenvalue weighted by Gasteiger charge is -2.19. The zero-order valence-electron chi connectivity index (χ0n) is 15.9. The molecule has 5 rings (SSSR count). The number of halogens is 2. The molecule has 0 unspecified atom stereocenters. The van der Waals surface area contributed by atoms with Gasteiger partial charge in [0.2, 0.25) is 11.8 Å². The van der Waals surface area contributed by atoms with Crippen LogP contribution in [0.25, 0.3) is 5.65 Å². The van der Waals surface area contributed by atoms with Gasteiger partial charge in [-0.25, -0.2) is 14.5 Å². The minimum Gasteiger partial charge on any atom is -0.473 e. The van der Waals surface area contributed by atoms with E-state index in [9.17, 15) is 4.79 Å². The number of anilines is 1. The van der Waals surface area contributed by atoms with Gasteiger partial charge in [-0.1, -0.05) is 37.0 Å². The van der Waals surface area contributed by atoms with Crippen LogP contribution in [0.1, 0.15) is 50.3 Å². The molecule has 3 aromatic heterocycles. The van der Waals surface area contributed by atoms with Gasteiger partial charge in [-0.2, -0.15) is 5.10 Å². The van der Waals surface area contributed by atoms with Gasteiger partial charge in [-0.15, -0.1) is 0 Å². The van der Waals surface area contributed by atoms with Gasteiger partial charge in [0.25, 0.3) is 0 Å². The van der Waals surface area contributed by atoms with Crippen molar-refractivity contribution in [1.29, 1.82) is 0 Å². The molecule has 3 aromatic rings. The largest absolute Gasteiger partial charge is 0.473 e. The number of hydrogen-bond acceptors (Lipinski definition) is 5. The highest BCUT2D eigenvalue weighted by atomic mass is 35.5. The van der Waals surface area contributed by atoms with Crippen molar-refractivity contribution in [3.8, 4) is 5.88 Å². The van der Waals surface area contributed by atoms with E-state index in [4.69, 9.17) is 27.9 Å². The van der Waals surface area contributed by atoms with Crippen LogP contribution in [-0.4, -0.2) is 31.6 Å². The van der Waals surface area contributed by atoms with E-state index < -0.39 is 0 Å². The Labute approximate surface area is 177 Å². The molecule has 150 valence electrons. The molecule has 1 fully saturated rings. The molecule has 1 amide bonds. The highest BCUT2D eigenvalue weighted by Crippen LogP contribution is 2.46. The van der Waals surface area contributed by atoms with Crippen LogP contribution in [0, 0.1) is 0 Å². The van der Waals surface area contributed by atoms with E-state index in [0.717, 1.165) is 24.1 Å². The van der Waals surface area contributed by atoms with Gasteiger partial charge in [0, 0.05) is 23.2 Å². The lowest BCUT2D eigenvalue weighted by atomic mass is 9.88. The van der Waals surface area contributed by atoms with Crippen LogP contribution >= 0.6 is 23.2 Å². The van der Waals surface area contributed by atoms with Crippen LogP contribution < -0.4 is 10.1 Å². The molecule has 2 aliphatic rings. The first-order chi connectivity index (χ1) is 13.8. The summed E-state index contributed by atoms with van der Waals surface area (Å²) in [6.45, 7) is 4.19. The Morgan fingerprint density at radius 2 is 2.03 bits per heavy atom. The van der Waals surface area contributed by atoms with Crippen LogP contribution in [0.15, 0.2) is 24.5 Å². The zero-order chi connectivity index (χ0) is 20.3. The van der Waals surface area contributed by atoms with E-state index in [1.165, 1.54) is 0 Å². The molecule has 0 radical (unpaired) electrons. The Morgan fingerprint density at radius 1 is 1.24 bits per heavy atom. The first kappa shape index (κ1) is 18.6. The number of carbonyl (C=O) groups is 1. The minimum absolute atomic E-state index is 0.134. The minimum atomic E-state index is -0.360. The maximum absolute atomic E-state index is 13.1. The summed E-state index contributed by atoms with van der Waals surface area (Å²) in [5, 5.41) is 8.05. The van der Waals surface area contributed by atoms with Crippen molar-refractivity contribution in [2.45, 2.75) is 50.5 Å². The third-order valence-electron chi connectivity index (χ3n) is 5.41. The number of rotatable bonds is 4. The summed E-state index contributed by atoms with van der Waals surface area (Å²) in [5.74, 6) is -0.0901. The lowest BCUT2D eigenvalue weighted by molar-refractivity contribution is -0.117. The quantitative estimate of drug-likeness (QED) is 0.662. The average Bonchev–Trinajstić information content (AvgIpc) is 3.32. The Balaban J connectivity index is 1.42. The van der Waals surface area contributed by atoms with E-state index in [0.29, 0.717) is 33.8 Å². The van der Waals surface area contributed by atoms with Gasteiger partial charge >= 0.3 is 0 Å². The molecule has 0 spiro atoms. The van der Waals surface area contributed by atoms with E-state index in [-0.39, 0.29) is 23.3 Å². The number of fused-ring (bicyclic) bond motifs is 3. The van der Waals surface area contributed by atoms with Crippen molar-refractivity contribution in [1.82, 2.24) is 19.6 Å². The number of pyridine rings is 1. The van der Waals surface area contributed by atoms with Gasteiger partial charge in [-0.05, 0) is 25.3 Å². The van der Waals surface area contributed by atoms with Crippen molar-refractivity contribution < 1.29 is 9.53 Å². The van der Waals surface area contributed by atoms with Gasteiger partial charge in [-0.3, -0.25) is 4.79 Å². The van der Waals surface area contributed by atoms with Crippen molar-refractivity contribution in [3.05, 3.63) is 46.0 Å². The molecular weight excluding hydrogens is 413 g/mol. The van der Waals surface area contributed by atoms with Crippen LogP contribution in [0.3, 0.4) is 0 Å². The first-order valence-corrected chi connectivity index (χ1v) is 10.2. The van der Waals surface area contributed by atoms with Gasteiger partial charge < -0.3 is 10.1 Å². The second kappa shape index (κ2) is 6.57. The Morgan fingerprint density at radius 3 is 2.76 bits per heavy atom. The van der Waals surface area contributed by atoms with E-state index in [2.05, 4.69) is 34.2 Å². The fourth-order valence-corrected chi connectivity index (χ4v) is 4.34. The lowest BCUT2D eigenvalue weighted by Crippen LogP contribution is -2.21. The SMILES string of the molecule is CC1(C)C[C@@H](C(=O)Nc2cnc(OC3CC3)c(Cl)c2)c2cnc3cc(Cl)nn3c21. The zero-order valence-corrected chi connectivity index (χ0v) is 17.5. The molecule has 3 heterocycles. The molecule has 0 bridgehead atoms. The number of hydrogen-bond donors (Lipinski definition) is 1. The summed E-state index contributed by atoms with van der Waals surface area (Å²) in [6.07, 6.45) is 6.21. The van der Waals surface area contributed by atoms with Gasteiger partial charge in [0.1, 0.15) is 11.1 Å². The third kappa shape index (κ3) is 3.32. The summed E-state index contributed by atoms with van der Waals surface area (Å²) in [5.41, 5.74) is 2.76. The Bertz CT molecular complexity index is 1140. The maximum Gasteiger partial charge on any atom is 0.232 e. The average molecular weight is 432 g/mol. The van der Waals surface area contributed by atoms with Crippen molar-refractivity contribution in [2.75, 3.05) is 5.32 Å². The summed E-state index contributed by atoms with van der Waals surface area (Å²) < 4.78 is 7.39. The van der Waals surface area contributed by atoms with Crippen molar-refractivity contribution in [2.24, 2.45) is 0 Å². The van der Waals surface area contributed by atoms with Gasteiger partial charge in [0.15, 0.2) is 10.8 Å². The Hall–Kier alpha value is -2.38. The number of aromatic nitrogens is 4. The monoisotopic (exact) mass is 431 g/mol. The summed E-state index contributed by atoms with van der Waals surface area (Å²) in [7, 11) is 0. The van der Waals surface area contributed by atoms with Crippen LogP contribution in [0.4, 0.5) is 5.69 Å². The second-order valence-electron chi connectivity index (χ2n) is 8.26.